The summed E-state index contributed by atoms with van der Waals surface area (Å²) in [6.07, 6.45) is 9.00. The van der Waals surface area contributed by atoms with Gasteiger partial charge in [0.1, 0.15) is 0 Å². The molecule has 5 heteroatoms. The first-order valence-electron chi connectivity index (χ1n) is 9.55. The predicted molar refractivity (Wildman–Crippen MR) is 104 cm³/mol. The van der Waals surface area contributed by atoms with Gasteiger partial charge >= 0.3 is 0 Å². The number of hydrogen-bond donors (Lipinski definition) is 2. The molecule has 134 valence electrons. The first-order valence-corrected chi connectivity index (χ1v) is 9.55. The van der Waals surface area contributed by atoms with Gasteiger partial charge < -0.3 is 10.6 Å². The molecule has 1 aromatic carbocycles. The second kappa shape index (κ2) is 8.79. The molecule has 0 spiro atoms. The van der Waals surface area contributed by atoms with Crippen LogP contribution in [0.5, 0.6) is 0 Å². The summed E-state index contributed by atoms with van der Waals surface area (Å²) in [6.45, 7) is 4.18. The van der Waals surface area contributed by atoms with Crippen LogP contribution in [0.25, 0.3) is 11.4 Å². The zero-order valence-corrected chi connectivity index (χ0v) is 15.3. The van der Waals surface area contributed by atoms with Gasteiger partial charge in [0.25, 0.3) is 0 Å². The minimum absolute atomic E-state index is 0.278. The van der Waals surface area contributed by atoms with Crippen molar-refractivity contribution in [1.82, 2.24) is 15.0 Å². The van der Waals surface area contributed by atoms with E-state index in [9.17, 15) is 0 Å². The van der Waals surface area contributed by atoms with E-state index in [1.165, 1.54) is 44.9 Å². The SMILES string of the molecule is CC(C)Nc1nc(NC2CCCCCCC2)nc(-c2ccccc2)n1. The van der Waals surface area contributed by atoms with Crippen LogP contribution < -0.4 is 10.6 Å². The molecule has 0 unspecified atom stereocenters. The molecule has 2 aromatic rings. The van der Waals surface area contributed by atoms with Crippen molar-refractivity contribution < 1.29 is 0 Å². The molecule has 2 N–H and O–H groups in total. The second-order valence-electron chi connectivity index (χ2n) is 7.16. The molecule has 1 aliphatic rings. The molecule has 1 fully saturated rings. The lowest BCUT2D eigenvalue weighted by atomic mass is 9.97. The molecule has 1 aliphatic carbocycles. The van der Waals surface area contributed by atoms with Crippen molar-refractivity contribution in [1.29, 1.82) is 0 Å². The number of rotatable bonds is 5. The van der Waals surface area contributed by atoms with E-state index in [4.69, 9.17) is 0 Å². The van der Waals surface area contributed by atoms with E-state index < -0.39 is 0 Å². The summed E-state index contributed by atoms with van der Waals surface area (Å²) >= 11 is 0. The van der Waals surface area contributed by atoms with E-state index in [1.54, 1.807) is 0 Å². The molecule has 0 bridgehead atoms. The van der Waals surface area contributed by atoms with E-state index in [2.05, 4.69) is 39.4 Å². The van der Waals surface area contributed by atoms with Crippen molar-refractivity contribution in [2.24, 2.45) is 0 Å². The number of nitrogens with one attached hydrogen (secondary N) is 2. The maximum Gasteiger partial charge on any atom is 0.228 e. The third-order valence-electron chi connectivity index (χ3n) is 4.52. The van der Waals surface area contributed by atoms with Crippen molar-refractivity contribution >= 4 is 11.9 Å². The minimum Gasteiger partial charge on any atom is -0.352 e. The zero-order chi connectivity index (χ0) is 17.5. The molecule has 0 saturated heterocycles. The van der Waals surface area contributed by atoms with Crippen LogP contribution in [0, 0.1) is 0 Å². The van der Waals surface area contributed by atoms with Gasteiger partial charge in [-0.1, -0.05) is 62.4 Å². The summed E-state index contributed by atoms with van der Waals surface area (Å²) in [6, 6.07) is 10.8. The third-order valence-corrected chi connectivity index (χ3v) is 4.52. The lowest BCUT2D eigenvalue weighted by molar-refractivity contribution is 0.470. The van der Waals surface area contributed by atoms with Crippen molar-refractivity contribution in [2.75, 3.05) is 10.6 Å². The van der Waals surface area contributed by atoms with Crippen molar-refractivity contribution in [2.45, 2.75) is 70.9 Å². The van der Waals surface area contributed by atoms with Gasteiger partial charge in [-0.05, 0) is 26.7 Å². The Kier molecular flexibility index (Phi) is 6.20. The number of anilines is 2. The Bertz CT molecular complexity index is 648. The quantitative estimate of drug-likeness (QED) is 0.812. The van der Waals surface area contributed by atoms with Crippen LogP contribution in [-0.2, 0) is 0 Å². The second-order valence-corrected chi connectivity index (χ2v) is 7.16. The number of benzene rings is 1. The molecular formula is C20H29N5. The molecule has 5 nitrogen and oxygen atoms in total. The Morgan fingerprint density at radius 3 is 2.16 bits per heavy atom. The average molecular weight is 339 g/mol. The van der Waals surface area contributed by atoms with E-state index in [0.29, 0.717) is 23.8 Å². The normalized spacial score (nSPS) is 16.3. The smallest absolute Gasteiger partial charge is 0.228 e. The van der Waals surface area contributed by atoms with Gasteiger partial charge in [0.05, 0.1) is 0 Å². The molecule has 0 radical (unpaired) electrons. The molecule has 0 atom stereocenters. The maximum atomic E-state index is 4.69. The van der Waals surface area contributed by atoms with E-state index >= 15 is 0 Å². The molecule has 0 aliphatic heterocycles. The van der Waals surface area contributed by atoms with E-state index in [1.807, 2.05) is 30.3 Å². The molecule has 1 aromatic heterocycles. The third kappa shape index (κ3) is 5.41. The minimum atomic E-state index is 0.278. The van der Waals surface area contributed by atoms with Gasteiger partial charge in [0, 0.05) is 17.6 Å². The number of aromatic nitrogens is 3. The fourth-order valence-corrected chi connectivity index (χ4v) is 3.26. The standard InChI is InChI=1S/C20H29N5/c1-15(2)21-19-23-18(16-11-7-6-8-12-16)24-20(25-19)22-17-13-9-4-3-5-10-14-17/h6-8,11-12,15,17H,3-5,9-10,13-14H2,1-2H3,(H2,21,22,23,24,25). The lowest BCUT2D eigenvalue weighted by Crippen LogP contribution is -2.23. The topological polar surface area (TPSA) is 62.7 Å². The summed E-state index contributed by atoms with van der Waals surface area (Å²) < 4.78 is 0. The van der Waals surface area contributed by atoms with Crippen LogP contribution >= 0.6 is 0 Å². The fraction of sp³-hybridized carbons (Fsp3) is 0.550. The average Bonchev–Trinajstić information content (AvgIpc) is 2.57. The van der Waals surface area contributed by atoms with Gasteiger partial charge in [-0.2, -0.15) is 15.0 Å². The van der Waals surface area contributed by atoms with E-state index in [0.717, 1.165) is 5.56 Å². The van der Waals surface area contributed by atoms with Crippen LogP contribution in [0.1, 0.15) is 58.8 Å². The largest absolute Gasteiger partial charge is 0.352 e. The zero-order valence-electron chi connectivity index (χ0n) is 15.3. The molecular weight excluding hydrogens is 310 g/mol. The summed E-state index contributed by atoms with van der Waals surface area (Å²) in [7, 11) is 0. The van der Waals surface area contributed by atoms with Crippen LogP contribution in [0.15, 0.2) is 30.3 Å². The maximum absolute atomic E-state index is 4.69. The van der Waals surface area contributed by atoms with Crippen molar-refractivity contribution in [3.63, 3.8) is 0 Å². The van der Waals surface area contributed by atoms with Crippen LogP contribution in [0.3, 0.4) is 0 Å². The molecule has 0 amide bonds. The monoisotopic (exact) mass is 339 g/mol. The molecule has 1 saturated carbocycles. The van der Waals surface area contributed by atoms with Crippen molar-refractivity contribution in [3.05, 3.63) is 30.3 Å². The Morgan fingerprint density at radius 1 is 0.840 bits per heavy atom. The summed E-state index contributed by atoms with van der Waals surface area (Å²) in [5, 5.41) is 6.88. The number of nitrogens with zero attached hydrogens (tertiary/aromatic N) is 3. The van der Waals surface area contributed by atoms with Gasteiger partial charge in [-0.15, -0.1) is 0 Å². The van der Waals surface area contributed by atoms with Crippen LogP contribution in [-0.4, -0.2) is 27.0 Å². The van der Waals surface area contributed by atoms with Crippen LogP contribution in [0.4, 0.5) is 11.9 Å². The highest BCUT2D eigenvalue weighted by Gasteiger charge is 2.15. The fourth-order valence-electron chi connectivity index (χ4n) is 3.26. The molecule has 3 rings (SSSR count). The number of hydrogen-bond acceptors (Lipinski definition) is 5. The van der Waals surface area contributed by atoms with Crippen molar-refractivity contribution in [3.8, 4) is 11.4 Å². The van der Waals surface area contributed by atoms with Gasteiger partial charge in [0.15, 0.2) is 5.82 Å². The Labute approximate surface area is 150 Å². The first-order chi connectivity index (χ1) is 12.2. The van der Waals surface area contributed by atoms with E-state index in [-0.39, 0.29) is 6.04 Å². The summed E-state index contributed by atoms with van der Waals surface area (Å²) in [5.41, 5.74) is 1.01. The van der Waals surface area contributed by atoms with Crippen LogP contribution in [0.2, 0.25) is 0 Å². The predicted octanol–water partition coefficient (Wildman–Crippen LogP) is 4.88. The summed E-state index contributed by atoms with van der Waals surface area (Å²) in [5.74, 6) is 2.03. The lowest BCUT2D eigenvalue weighted by Gasteiger charge is -2.21. The van der Waals surface area contributed by atoms with Gasteiger partial charge in [0.2, 0.25) is 11.9 Å². The highest BCUT2D eigenvalue weighted by atomic mass is 15.2. The first kappa shape index (κ1) is 17.6. The van der Waals surface area contributed by atoms with Gasteiger partial charge in [-0.25, -0.2) is 0 Å². The Balaban J connectivity index is 1.83. The molecule has 1 heterocycles. The molecule has 25 heavy (non-hydrogen) atoms. The highest BCUT2D eigenvalue weighted by Crippen LogP contribution is 2.22. The van der Waals surface area contributed by atoms with Gasteiger partial charge in [-0.3, -0.25) is 0 Å². The Morgan fingerprint density at radius 2 is 1.48 bits per heavy atom. The summed E-state index contributed by atoms with van der Waals surface area (Å²) in [4.78, 5) is 13.9. The highest BCUT2D eigenvalue weighted by molar-refractivity contribution is 5.57. The Hall–Kier alpha value is -2.17.